The first-order valence-corrected chi connectivity index (χ1v) is 12.9. The fourth-order valence-electron chi connectivity index (χ4n) is 5.69. The van der Waals surface area contributed by atoms with Crippen molar-refractivity contribution in [1.82, 2.24) is 9.97 Å². The lowest BCUT2D eigenvalue weighted by molar-refractivity contribution is 0.315. The molecule has 0 bridgehead atoms. The predicted molar refractivity (Wildman–Crippen MR) is 143 cm³/mol. The standard InChI is InChI=1S/C30H38N4/c1-7-14-21-15-12-13-18-23(21)34-24(8-2)33(22-16-10-9-11-17-22)27-28(34)32-26-25(31-27)29(3,4)19-20-30(26,5)6/h9-13,15-18,24H,7-8,14,19-20H2,1-6H3. The number of anilines is 4. The third-order valence-electron chi connectivity index (χ3n) is 7.74. The Morgan fingerprint density at radius 2 is 1.32 bits per heavy atom. The van der Waals surface area contributed by atoms with E-state index in [4.69, 9.17) is 9.97 Å². The van der Waals surface area contributed by atoms with Gasteiger partial charge in [0.25, 0.3) is 0 Å². The van der Waals surface area contributed by atoms with Crippen molar-refractivity contribution in [3.63, 3.8) is 0 Å². The molecule has 2 aliphatic rings. The summed E-state index contributed by atoms with van der Waals surface area (Å²) in [7, 11) is 0. The predicted octanol–water partition coefficient (Wildman–Crippen LogP) is 7.80. The molecule has 0 radical (unpaired) electrons. The molecule has 4 heteroatoms. The summed E-state index contributed by atoms with van der Waals surface area (Å²) in [6.45, 7) is 13.8. The van der Waals surface area contributed by atoms with E-state index in [9.17, 15) is 0 Å². The van der Waals surface area contributed by atoms with Gasteiger partial charge in [-0.05, 0) is 49.4 Å². The van der Waals surface area contributed by atoms with Crippen LogP contribution < -0.4 is 9.80 Å². The average Bonchev–Trinajstić information content (AvgIpc) is 3.16. The molecule has 0 spiro atoms. The first-order valence-electron chi connectivity index (χ1n) is 12.9. The number of fused-ring (bicyclic) bond motifs is 2. The Balaban J connectivity index is 1.80. The molecule has 1 unspecified atom stereocenters. The third kappa shape index (κ3) is 3.59. The number of para-hydroxylation sites is 2. The summed E-state index contributed by atoms with van der Waals surface area (Å²) < 4.78 is 0. The molecule has 0 saturated heterocycles. The van der Waals surface area contributed by atoms with E-state index in [1.807, 2.05) is 0 Å². The van der Waals surface area contributed by atoms with Crippen molar-refractivity contribution < 1.29 is 0 Å². The molecule has 1 aromatic heterocycles. The highest BCUT2D eigenvalue weighted by molar-refractivity contribution is 5.84. The summed E-state index contributed by atoms with van der Waals surface area (Å²) in [6, 6.07) is 19.6. The second kappa shape index (κ2) is 8.41. The van der Waals surface area contributed by atoms with Gasteiger partial charge in [-0.1, -0.05) is 84.4 Å². The SMILES string of the molecule is CCCc1ccccc1N1c2nc3c(nc2N(c2ccccc2)C1CC)C(C)(C)CCC3(C)C. The van der Waals surface area contributed by atoms with Crippen LogP contribution in [0.1, 0.15) is 84.2 Å². The van der Waals surface area contributed by atoms with E-state index in [0.717, 1.165) is 43.7 Å². The molecular formula is C30H38N4. The highest BCUT2D eigenvalue weighted by atomic mass is 15.5. The maximum atomic E-state index is 5.50. The first-order chi connectivity index (χ1) is 16.3. The lowest BCUT2D eigenvalue weighted by Crippen LogP contribution is -2.38. The van der Waals surface area contributed by atoms with Gasteiger partial charge in [0.1, 0.15) is 6.17 Å². The van der Waals surface area contributed by atoms with E-state index in [0.29, 0.717) is 0 Å². The Bertz CT molecular complexity index is 1180. The second-order valence-corrected chi connectivity index (χ2v) is 11.2. The van der Waals surface area contributed by atoms with Gasteiger partial charge >= 0.3 is 0 Å². The van der Waals surface area contributed by atoms with Crippen molar-refractivity contribution in [1.29, 1.82) is 0 Å². The first kappa shape index (κ1) is 22.9. The van der Waals surface area contributed by atoms with Crippen LogP contribution in [0.3, 0.4) is 0 Å². The van der Waals surface area contributed by atoms with Gasteiger partial charge in [-0.2, -0.15) is 0 Å². The topological polar surface area (TPSA) is 32.3 Å². The number of benzene rings is 2. The molecule has 1 aliphatic heterocycles. The van der Waals surface area contributed by atoms with Crippen LogP contribution in [-0.4, -0.2) is 16.1 Å². The van der Waals surface area contributed by atoms with Gasteiger partial charge < -0.3 is 9.80 Å². The number of nitrogens with zero attached hydrogens (tertiary/aromatic N) is 4. The zero-order valence-electron chi connectivity index (χ0n) is 21.6. The smallest absolute Gasteiger partial charge is 0.178 e. The molecule has 2 aromatic carbocycles. The number of hydrogen-bond acceptors (Lipinski definition) is 4. The van der Waals surface area contributed by atoms with Crippen LogP contribution in [0.4, 0.5) is 23.0 Å². The van der Waals surface area contributed by atoms with Crippen LogP contribution in [0.15, 0.2) is 54.6 Å². The minimum Gasteiger partial charge on any atom is -0.302 e. The number of aromatic nitrogens is 2. The summed E-state index contributed by atoms with van der Waals surface area (Å²) in [6.07, 6.45) is 5.53. The fourth-order valence-corrected chi connectivity index (χ4v) is 5.69. The van der Waals surface area contributed by atoms with Crippen molar-refractivity contribution >= 4 is 23.0 Å². The van der Waals surface area contributed by atoms with Crippen LogP contribution >= 0.6 is 0 Å². The largest absolute Gasteiger partial charge is 0.302 e. The Labute approximate surface area is 205 Å². The summed E-state index contributed by atoms with van der Waals surface area (Å²) in [5, 5.41) is 0. The van der Waals surface area contributed by atoms with E-state index in [1.54, 1.807) is 0 Å². The fraction of sp³-hybridized carbons (Fsp3) is 0.467. The Morgan fingerprint density at radius 3 is 1.91 bits per heavy atom. The molecule has 0 saturated carbocycles. The van der Waals surface area contributed by atoms with Crippen molar-refractivity contribution in [3.8, 4) is 0 Å². The molecule has 0 amide bonds. The van der Waals surface area contributed by atoms with Crippen LogP contribution in [0.25, 0.3) is 0 Å². The maximum Gasteiger partial charge on any atom is 0.178 e. The van der Waals surface area contributed by atoms with Gasteiger partial charge in [0.2, 0.25) is 0 Å². The summed E-state index contributed by atoms with van der Waals surface area (Å²) in [5.41, 5.74) is 6.19. The molecule has 2 heterocycles. The molecule has 1 aliphatic carbocycles. The normalized spacial score (nSPS) is 20.2. The quantitative estimate of drug-likeness (QED) is 0.393. The van der Waals surface area contributed by atoms with Gasteiger partial charge in [0.15, 0.2) is 11.6 Å². The van der Waals surface area contributed by atoms with Crippen molar-refractivity contribution in [3.05, 3.63) is 71.5 Å². The minimum absolute atomic E-state index is 0.0172. The van der Waals surface area contributed by atoms with Crippen LogP contribution in [0, 0.1) is 0 Å². The van der Waals surface area contributed by atoms with Crippen molar-refractivity contribution in [2.75, 3.05) is 9.80 Å². The minimum atomic E-state index is 0.0172. The molecule has 3 aromatic rings. The van der Waals surface area contributed by atoms with E-state index in [2.05, 4.69) is 106 Å². The van der Waals surface area contributed by atoms with E-state index in [1.165, 1.54) is 28.3 Å². The molecular weight excluding hydrogens is 416 g/mol. The van der Waals surface area contributed by atoms with Gasteiger partial charge in [0.05, 0.1) is 11.4 Å². The van der Waals surface area contributed by atoms with Crippen molar-refractivity contribution in [2.24, 2.45) is 0 Å². The Morgan fingerprint density at radius 1 is 0.765 bits per heavy atom. The van der Waals surface area contributed by atoms with Gasteiger partial charge in [0, 0.05) is 22.2 Å². The van der Waals surface area contributed by atoms with E-state index in [-0.39, 0.29) is 17.0 Å². The second-order valence-electron chi connectivity index (χ2n) is 11.2. The highest BCUT2D eigenvalue weighted by Gasteiger charge is 2.46. The third-order valence-corrected chi connectivity index (χ3v) is 7.74. The molecule has 0 fully saturated rings. The summed E-state index contributed by atoms with van der Waals surface area (Å²) >= 11 is 0. The van der Waals surface area contributed by atoms with Gasteiger partial charge in [-0.15, -0.1) is 0 Å². The van der Waals surface area contributed by atoms with Crippen LogP contribution in [0.2, 0.25) is 0 Å². The van der Waals surface area contributed by atoms with Gasteiger partial charge in [-0.3, -0.25) is 0 Å². The number of rotatable bonds is 5. The lowest BCUT2D eigenvalue weighted by atomic mass is 9.67. The zero-order chi connectivity index (χ0) is 24.1. The molecule has 34 heavy (non-hydrogen) atoms. The maximum absolute atomic E-state index is 5.50. The summed E-state index contributed by atoms with van der Waals surface area (Å²) in [4.78, 5) is 15.9. The molecule has 5 rings (SSSR count). The number of hydrogen-bond donors (Lipinski definition) is 0. The van der Waals surface area contributed by atoms with E-state index < -0.39 is 0 Å². The Kier molecular flexibility index (Phi) is 5.66. The Hall–Kier alpha value is -2.88. The van der Waals surface area contributed by atoms with Gasteiger partial charge in [-0.25, -0.2) is 9.97 Å². The van der Waals surface area contributed by atoms with Crippen molar-refractivity contribution in [2.45, 2.75) is 90.6 Å². The molecule has 4 nitrogen and oxygen atoms in total. The molecule has 178 valence electrons. The number of aryl methyl sites for hydroxylation is 1. The zero-order valence-corrected chi connectivity index (χ0v) is 21.6. The molecule has 1 atom stereocenters. The lowest BCUT2D eigenvalue weighted by Gasteiger charge is -2.40. The van der Waals surface area contributed by atoms with Crippen LogP contribution in [-0.2, 0) is 17.3 Å². The highest BCUT2D eigenvalue weighted by Crippen LogP contribution is 2.52. The monoisotopic (exact) mass is 454 g/mol. The summed E-state index contributed by atoms with van der Waals surface area (Å²) in [5.74, 6) is 2.00. The molecule has 0 N–H and O–H groups in total. The van der Waals surface area contributed by atoms with E-state index >= 15 is 0 Å². The average molecular weight is 455 g/mol. The van der Waals surface area contributed by atoms with Crippen LogP contribution in [0.5, 0.6) is 0 Å².